The molecule has 0 aliphatic rings. The highest BCUT2D eigenvalue weighted by Crippen LogP contribution is 2.17. The van der Waals surface area contributed by atoms with E-state index in [2.05, 4.69) is 10.3 Å². The van der Waals surface area contributed by atoms with Crippen molar-refractivity contribution in [3.8, 4) is 0 Å². The van der Waals surface area contributed by atoms with E-state index >= 15 is 0 Å². The van der Waals surface area contributed by atoms with Crippen LogP contribution in [0.3, 0.4) is 0 Å². The zero-order valence-corrected chi connectivity index (χ0v) is 14.1. The lowest BCUT2D eigenvalue weighted by Gasteiger charge is -2.21. The number of para-hydroxylation sites is 1. The van der Waals surface area contributed by atoms with Crippen molar-refractivity contribution in [2.45, 2.75) is 26.3 Å². The number of fused-ring (bicyclic) bond motifs is 1. The normalized spacial score (nSPS) is 13.0. The predicted octanol–water partition coefficient (Wildman–Crippen LogP) is 2.01. The molecule has 0 fully saturated rings. The molecule has 0 radical (unpaired) electrons. The third kappa shape index (κ3) is 4.53. The molecule has 1 aromatic carbocycles. The highest BCUT2D eigenvalue weighted by molar-refractivity contribution is 6.07. The second-order valence-electron chi connectivity index (χ2n) is 5.65. The molecule has 0 bridgehead atoms. The summed E-state index contributed by atoms with van der Waals surface area (Å²) in [7, 11) is 0. The van der Waals surface area contributed by atoms with Gasteiger partial charge in [0.25, 0.3) is 5.91 Å². The topological polar surface area (TPSA) is 106 Å². The van der Waals surface area contributed by atoms with Crippen LogP contribution in [0.2, 0.25) is 0 Å². The Kier molecular flexibility index (Phi) is 6.05. The second-order valence-corrected chi connectivity index (χ2v) is 5.65. The second kappa shape index (κ2) is 8.23. The summed E-state index contributed by atoms with van der Waals surface area (Å²) in [5.41, 5.74) is 0.974. The zero-order chi connectivity index (χ0) is 18.4. The van der Waals surface area contributed by atoms with E-state index in [0.29, 0.717) is 16.5 Å². The van der Waals surface area contributed by atoms with Crippen LogP contribution in [-0.4, -0.2) is 40.6 Å². The number of carboxylic acids is 1. The predicted molar refractivity (Wildman–Crippen MR) is 91.0 cm³/mol. The molecular formula is C18H20N2O5. The number of aliphatic carboxylic acids is 1. The van der Waals surface area contributed by atoms with E-state index in [1.807, 2.05) is 0 Å². The molecule has 2 rings (SSSR count). The van der Waals surface area contributed by atoms with Crippen molar-refractivity contribution in [3.63, 3.8) is 0 Å². The van der Waals surface area contributed by atoms with Crippen molar-refractivity contribution in [2.24, 2.45) is 5.92 Å². The van der Waals surface area contributed by atoms with Gasteiger partial charge in [0.2, 0.25) is 0 Å². The molecule has 7 heteroatoms. The molecular weight excluding hydrogens is 324 g/mol. The number of benzene rings is 1. The van der Waals surface area contributed by atoms with E-state index in [1.165, 1.54) is 12.3 Å². The Bertz CT molecular complexity index is 785. The summed E-state index contributed by atoms with van der Waals surface area (Å²) >= 11 is 0. The van der Waals surface area contributed by atoms with Crippen LogP contribution in [0.1, 0.15) is 30.6 Å². The van der Waals surface area contributed by atoms with Crippen molar-refractivity contribution in [1.82, 2.24) is 10.3 Å². The van der Waals surface area contributed by atoms with Crippen molar-refractivity contribution >= 4 is 28.7 Å². The first-order chi connectivity index (χ1) is 11.9. The number of rotatable bonds is 7. The van der Waals surface area contributed by atoms with Gasteiger partial charge in [0.1, 0.15) is 6.04 Å². The van der Waals surface area contributed by atoms with Gasteiger partial charge >= 0.3 is 11.9 Å². The van der Waals surface area contributed by atoms with Gasteiger partial charge in [-0.05, 0) is 25.0 Å². The number of carbonyl (C=O) groups excluding carboxylic acids is 2. The van der Waals surface area contributed by atoms with Gasteiger partial charge in [-0.1, -0.05) is 25.1 Å². The molecule has 0 aliphatic heterocycles. The fourth-order valence-corrected chi connectivity index (χ4v) is 2.56. The van der Waals surface area contributed by atoms with Crippen molar-refractivity contribution in [3.05, 3.63) is 42.1 Å². The summed E-state index contributed by atoms with van der Waals surface area (Å²) in [5, 5.41) is 12.5. The number of hydrogen-bond donors (Lipinski definition) is 2. The minimum Gasteiger partial charge on any atom is -0.480 e. The van der Waals surface area contributed by atoms with E-state index in [9.17, 15) is 19.5 Å². The van der Waals surface area contributed by atoms with Crippen molar-refractivity contribution in [2.75, 3.05) is 6.61 Å². The lowest BCUT2D eigenvalue weighted by atomic mass is 9.97. The molecule has 0 saturated carbocycles. The van der Waals surface area contributed by atoms with E-state index in [-0.39, 0.29) is 13.0 Å². The van der Waals surface area contributed by atoms with Gasteiger partial charge in [-0.25, -0.2) is 4.79 Å². The first-order valence-corrected chi connectivity index (χ1v) is 7.97. The fraction of sp³-hybridized carbons (Fsp3) is 0.333. The molecule has 2 atom stereocenters. The molecule has 2 aromatic rings. The van der Waals surface area contributed by atoms with Gasteiger partial charge < -0.3 is 15.2 Å². The number of nitrogens with zero attached hydrogens (tertiary/aromatic N) is 1. The van der Waals surface area contributed by atoms with Crippen molar-refractivity contribution in [1.29, 1.82) is 0 Å². The largest absolute Gasteiger partial charge is 0.480 e. The number of aromatic nitrogens is 1. The van der Waals surface area contributed by atoms with Crippen molar-refractivity contribution < 1.29 is 24.2 Å². The van der Waals surface area contributed by atoms with Gasteiger partial charge in [0.05, 0.1) is 24.1 Å². The van der Waals surface area contributed by atoms with Crippen LogP contribution in [0.15, 0.2) is 36.5 Å². The lowest BCUT2D eigenvalue weighted by Crippen LogP contribution is -2.45. The first-order valence-electron chi connectivity index (χ1n) is 7.97. The monoisotopic (exact) mass is 344 g/mol. The Morgan fingerprint density at radius 3 is 2.64 bits per heavy atom. The van der Waals surface area contributed by atoms with Crippen LogP contribution < -0.4 is 5.32 Å². The van der Waals surface area contributed by atoms with Crippen LogP contribution in [-0.2, 0) is 14.3 Å². The number of amides is 1. The Labute approximate surface area is 145 Å². The molecule has 1 amide bonds. The van der Waals surface area contributed by atoms with Crippen LogP contribution in [0.4, 0.5) is 0 Å². The van der Waals surface area contributed by atoms with Gasteiger partial charge in [-0.2, -0.15) is 0 Å². The van der Waals surface area contributed by atoms with E-state index in [0.717, 1.165) is 0 Å². The third-order valence-corrected chi connectivity index (χ3v) is 3.81. The van der Waals surface area contributed by atoms with E-state index < -0.39 is 29.8 Å². The maximum atomic E-state index is 12.6. The first kappa shape index (κ1) is 18.4. The van der Waals surface area contributed by atoms with Gasteiger partial charge in [-0.3, -0.25) is 14.6 Å². The average Bonchev–Trinajstić information content (AvgIpc) is 2.58. The smallest absolute Gasteiger partial charge is 0.326 e. The standard InChI is InChI=1S/C18H20N2O5/c1-3-25-15(21)10-11(2)16(18(23)24)20-17(22)13-8-9-19-14-7-5-4-6-12(13)14/h4-9,11,16H,3,10H2,1-2H3,(H,20,22)(H,23,24)/t11-,16-/m0/s1. The Morgan fingerprint density at radius 2 is 1.96 bits per heavy atom. The molecule has 1 heterocycles. The average molecular weight is 344 g/mol. The molecule has 2 N–H and O–H groups in total. The fourth-order valence-electron chi connectivity index (χ4n) is 2.56. The lowest BCUT2D eigenvalue weighted by molar-refractivity contribution is -0.145. The maximum Gasteiger partial charge on any atom is 0.326 e. The number of carboxylic acid groups (broad SMARTS) is 1. The Hall–Kier alpha value is -2.96. The van der Waals surface area contributed by atoms with Crippen LogP contribution in [0, 0.1) is 5.92 Å². The molecule has 132 valence electrons. The van der Waals surface area contributed by atoms with Crippen LogP contribution >= 0.6 is 0 Å². The molecule has 7 nitrogen and oxygen atoms in total. The number of carbonyl (C=O) groups is 3. The summed E-state index contributed by atoms with van der Waals surface area (Å²) in [4.78, 5) is 39.9. The summed E-state index contributed by atoms with van der Waals surface area (Å²) in [5.74, 6) is -2.84. The number of pyridine rings is 1. The number of hydrogen-bond acceptors (Lipinski definition) is 5. The zero-order valence-electron chi connectivity index (χ0n) is 14.1. The number of esters is 1. The third-order valence-electron chi connectivity index (χ3n) is 3.81. The number of ether oxygens (including phenoxy) is 1. The number of nitrogens with one attached hydrogen (secondary N) is 1. The quantitative estimate of drug-likeness (QED) is 0.744. The van der Waals surface area contributed by atoms with Crippen LogP contribution in [0.5, 0.6) is 0 Å². The summed E-state index contributed by atoms with van der Waals surface area (Å²) in [6, 6.07) is 7.42. The molecule has 0 unspecified atom stereocenters. The van der Waals surface area contributed by atoms with Gasteiger partial charge in [0.15, 0.2) is 0 Å². The highest BCUT2D eigenvalue weighted by atomic mass is 16.5. The molecule has 0 spiro atoms. The SMILES string of the molecule is CCOC(=O)C[C@H](C)[C@H](NC(=O)c1ccnc2ccccc12)C(=O)O. The van der Waals surface area contributed by atoms with Gasteiger partial charge in [-0.15, -0.1) is 0 Å². The highest BCUT2D eigenvalue weighted by Gasteiger charge is 2.29. The molecule has 1 aromatic heterocycles. The molecule has 0 aliphatic carbocycles. The van der Waals surface area contributed by atoms with Crippen LogP contribution in [0.25, 0.3) is 10.9 Å². The summed E-state index contributed by atoms with van der Waals surface area (Å²) in [6.07, 6.45) is 1.40. The summed E-state index contributed by atoms with van der Waals surface area (Å²) < 4.78 is 4.84. The summed E-state index contributed by atoms with van der Waals surface area (Å²) in [6.45, 7) is 3.48. The molecule has 0 saturated heterocycles. The molecule has 25 heavy (non-hydrogen) atoms. The maximum absolute atomic E-state index is 12.6. The Morgan fingerprint density at radius 1 is 1.24 bits per heavy atom. The minimum absolute atomic E-state index is 0.0951. The van der Waals surface area contributed by atoms with Gasteiger partial charge in [0, 0.05) is 11.6 Å². The minimum atomic E-state index is -1.21. The van der Waals surface area contributed by atoms with E-state index in [1.54, 1.807) is 38.1 Å². The van der Waals surface area contributed by atoms with E-state index in [4.69, 9.17) is 4.74 Å². The Balaban J connectivity index is 2.20.